The van der Waals surface area contributed by atoms with E-state index >= 15 is 0 Å². The first-order chi connectivity index (χ1) is 16.0. The van der Waals surface area contributed by atoms with E-state index in [1.807, 2.05) is 11.0 Å². The minimum Gasteiger partial charge on any atom is -0.391 e. The minimum absolute atomic E-state index is 0.181. The van der Waals surface area contributed by atoms with E-state index in [-0.39, 0.29) is 11.9 Å². The number of rotatable bonds is 3. The second kappa shape index (κ2) is 7.51. The smallest absolute Gasteiger partial charge is 0.270 e. The highest BCUT2D eigenvalue weighted by Crippen LogP contribution is 2.37. The maximum absolute atomic E-state index is 14.5. The van der Waals surface area contributed by atoms with Gasteiger partial charge >= 0.3 is 0 Å². The molecule has 1 aromatic carbocycles. The molecule has 2 N–H and O–H groups in total. The lowest BCUT2D eigenvalue weighted by Gasteiger charge is -2.26. The highest BCUT2D eigenvalue weighted by Gasteiger charge is 2.31. The molecular formula is C23H22F2N6O2. The molecule has 0 saturated carbocycles. The number of likely N-dealkylation sites (tertiary alicyclic amines) is 1. The fraction of sp³-hybridized carbons (Fsp3) is 0.348. The zero-order valence-corrected chi connectivity index (χ0v) is 17.7. The molecule has 2 aliphatic rings. The number of aromatic amines is 1. The Morgan fingerprint density at radius 2 is 2.03 bits per heavy atom. The van der Waals surface area contributed by atoms with Gasteiger partial charge in [0.05, 0.1) is 17.5 Å². The predicted molar refractivity (Wildman–Crippen MR) is 117 cm³/mol. The lowest BCUT2D eigenvalue weighted by Crippen LogP contribution is -2.29. The van der Waals surface area contributed by atoms with Gasteiger partial charge in [-0.25, -0.2) is 18.3 Å². The number of nitrogens with zero attached hydrogens (tertiary/aromatic N) is 5. The molecule has 8 nitrogen and oxygen atoms in total. The van der Waals surface area contributed by atoms with E-state index in [1.54, 1.807) is 21.7 Å². The van der Waals surface area contributed by atoms with Crippen molar-refractivity contribution in [3.63, 3.8) is 0 Å². The van der Waals surface area contributed by atoms with E-state index in [0.29, 0.717) is 66.2 Å². The van der Waals surface area contributed by atoms with Crippen molar-refractivity contribution < 1.29 is 18.7 Å². The molecule has 4 aromatic rings. The third-order valence-electron chi connectivity index (χ3n) is 6.59. The molecule has 0 radical (unpaired) electrons. The van der Waals surface area contributed by atoms with Gasteiger partial charge < -0.3 is 19.9 Å². The van der Waals surface area contributed by atoms with Crippen LogP contribution in [0.4, 0.5) is 14.6 Å². The summed E-state index contributed by atoms with van der Waals surface area (Å²) in [5.74, 6) is -0.427. The van der Waals surface area contributed by atoms with Crippen molar-refractivity contribution in [2.75, 3.05) is 24.5 Å². The van der Waals surface area contributed by atoms with E-state index in [4.69, 9.17) is 4.98 Å². The lowest BCUT2D eigenvalue weighted by atomic mass is 10.0. The van der Waals surface area contributed by atoms with Crippen LogP contribution in [0.1, 0.15) is 41.4 Å². The maximum Gasteiger partial charge on any atom is 0.270 e. The summed E-state index contributed by atoms with van der Waals surface area (Å²) in [5.41, 5.74) is 1.84. The van der Waals surface area contributed by atoms with Gasteiger partial charge in [0.15, 0.2) is 11.3 Å². The molecule has 170 valence electrons. The third-order valence-corrected chi connectivity index (χ3v) is 6.59. The first kappa shape index (κ1) is 20.1. The molecule has 1 amide bonds. The Labute approximate surface area is 187 Å². The van der Waals surface area contributed by atoms with Crippen molar-refractivity contribution >= 4 is 28.4 Å². The third kappa shape index (κ3) is 3.32. The quantitative estimate of drug-likeness (QED) is 0.499. The largest absolute Gasteiger partial charge is 0.391 e. The summed E-state index contributed by atoms with van der Waals surface area (Å²) < 4.78 is 29.9. The Morgan fingerprint density at radius 1 is 1.15 bits per heavy atom. The van der Waals surface area contributed by atoms with Crippen LogP contribution < -0.4 is 4.90 Å². The van der Waals surface area contributed by atoms with E-state index in [0.717, 1.165) is 18.6 Å². The van der Waals surface area contributed by atoms with Gasteiger partial charge in [-0.05, 0) is 49.6 Å². The number of anilines is 1. The van der Waals surface area contributed by atoms with E-state index in [9.17, 15) is 18.7 Å². The zero-order valence-electron chi connectivity index (χ0n) is 17.7. The first-order valence-electron chi connectivity index (χ1n) is 11.0. The number of H-pyrrole nitrogens is 1. The van der Waals surface area contributed by atoms with Crippen LogP contribution >= 0.6 is 0 Å². The summed E-state index contributed by atoms with van der Waals surface area (Å²) in [5, 5.41) is 14.9. The molecule has 10 heteroatoms. The maximum atomic E-state index is 14.5. The van der Waals surface area contributed by atoms with Gasteiger partial charge in [-0.2, -0.15) is 0 Å². The topological polar surface area (TPSA) is 89.8 Å². The Bertz CT molecular complexity index is 1380. The van der Waals surface area contributed by atoms with E-state index in [2.05, 4.69) is 10.1 Å². The number of benzene rings is 1. The number of halogens is 2. The number of carbonyl (C=O) groups is 1. The van der Waals surface area contributed by atoms with Gasteiger partial charge in [-0.1, -0.05) is 0 Å². The molecule has 3 aromatic heterocycles. The molecule has 33 heavy (non-hydrogen) atoms. The Hall–Kier alpha value is -3.53. The molecule has 6 rings (SSSR count). The predicted octanol–water partition coefficient (Wildman–Crippen LogP) is 3.04. The van der Waals surface area contributed by atoms with Crippen LogP contribution in [0, 0.1) is 11.6 Å². The molecule has 0 aliphatic carbocycles. The van der Waals surface area contributed by atoms with Crippen LogP contribution in [0.3, 0.4) is 0 Å². The molecule has 5 heterocycles. The number of β-amino-alcohol motifs (C(OH)–C–C–N with tert-alkyl or cyclic N) is 1. The first-order valence-corrected chi connectivity index (χ1v) is 11.0. The summed E-state index contributed by atoms with van der Waals surface area (Å²) in [7, 11) is 0. The van der Waals surface area contributed by atoms with Crippen molar-refractivity contribution in [1.29, 1.82) is 0 Å². The number of amides is 1. The summed E-state index contributed by atoms with van der Waals surface area (Å²) in [6.07, 6.45) is 3.40. The second-order valence-electron chi connectivity index (χ2n) is 8.71. The van der Waals surface area contributed by atoms with Crippen molar-refractivity contribution in [2.45, 2.75) is 31.4 Å². The zero-order chi connectivity index (χ0) is 22.7. The molecule has 0 unspecified atom stereocenters. The average molecular weight is 452 g/mol. The highest BCUT2D eigenvalue weighted by molar-refractivity contribution is 6.01. The number of hydrogen-bond acceptors (Lipinski definition) is 5. The number of nitrogens with one attached hydrogen (secondary N) is 1. The molecule has 0 bridgehead atoms. The SMILES string of the molecule is O=C(c1cc2c(nn3ccc(N4CCC[C@@H]4c4cc(F)ccc4F)nc23)[nH]1)N1CC[C@@H](O)C1. The molecule has 2 saturated heterocycles. The normalized spacial score (nSPS) is 21.1. The summed E-state index contributed by atoms with van der Waals surface area (Å²) in [6.45, 7) is 1.51. The van der Waals surface area contributed by atoms with Crippen LogP contribution in [0.2, 0.25) is 0 Å². The van der Waals surface area contributed by atoms with Crippen molar-refractivity contribution in [1.82, 2.24) is 24.5 Å². The Kier molecular flexibility index (Phi) is 4.58. The van der Waals surface area contributed by atoms with E-state index in [1.165, 1.54) is 6.07 Å². The number of fused-ring (bicyclic) bond motifs is 3. The van der Waals surface area contributed by atoms with Gasteiger partial charge in [-0.3, -0.25) is 4.79 Å². The summed E-state index contributed by atoms with van der Waals surface area (Å²) in [4.78, 5) is 24.2. The lowest BCUT2D eigenvalue weighted by molar-refractivity contribution is 0.0760. The number of aliphatic hydroxyl groups is 1. The van der Waals surface area contributed by atoms with Crippen LogP contribution in [0.15, 0.2) is 36.5 Å². The van der Waals surface area contributed by atoms with Crippen LogP contribution in [0.25, 0.3) is 16.7 Å². The van der Waals surface area contributed by atoms with E-state index < -0.39 is 17.7 Å². The number of aliphatic hydroxyl groups excluding tert-OH is 1. The van der Waals surface area contributed by atoms with Crippen molar-refractivity contribution in [3.8, 4) is 0 Å². The molecular weight excluding hydrogens is 430 g/mol. The standard InChI is InChI=1S/C23H22F2N6O2/c24-13-3-4-17(25)15(10-13)19-2-1-7-30(19)20-6-9-31-22(27-20)16-11-18(26-21(16)28-31)23(33)29-8-5-14(32)12-29/h3-4,6,9-11,14,19,32H,1-2,5,7-8,12H2,(H,26,28)/t14-,19-/m1/s1. The van der Waals surface area contributed by atoms with Crippen LogP contribution in [0.5, 0.6) is 0 Å². The molecule has 2 atom stereocenters. The van der Waals surface area contributed by atoms with Gasteiger partial charge in [0, 0.05) is 31.4 Å². The molecule has 0 spiro atoms. The average Bonchev–Trinajstić information content (AvgIpc) is 3.58. The number of aromatic nitrogens is 4. The van der Waals surface area contributed by atoms with Crippen molar-refractivity contribution in [3.05, 3.63) is 59.4 Å². The molecule has 2 fully saturated rings. The fourth-order valence-electron chi connectivity index (χ4n) is 4.98. The Balaban J connectivity index is 1.36. The summed E-state index contributed by atoms with van der Waals surface area (Å²) in [6, 6.07) is 6.78. The highest BCUT2D eigenvalue weighted by atomic mass is 19.1. The Morgan fingerprint density at radius 3 is 2.85 bits per heavy atom. The van der Waals surface area contributed by atoms with Crippen LogP contribution in [-0.4, -0.2) is 61.2 Å². The minimum atomic E-state index is -0.489. The van der Waals surface area contributed by atoms with Gasteiger partial charge in [0.1, 0.15) is 23.1 Å². The van der Waals surface area contributed by atoms with Crippen LogP contribution in [-0.2, 0) is 0 Å². The number of hydrogen-bond donors (Lipinski definition) is 2. The molecule has 2 aliphatic heterocycles. The number of carbonyl (C=O) groups excluding carboxylic acids is 1. The van der Waals surface area contributed by atoms with Gasteiger partial charge in [-0.15, -0.1) is 5.10 Å². The fourth-order valence-corrected chi connectivity index (χ4v) is 4.98. The monoisotopic (exact) mass is 452 g/mol. The van der Waals surface area contributed by atoms with Gasteiger partial charge in [0.25, 0.3) is 5.91 Å². The van der Waals surface area contributed by atoms with Gasteiger partial charge in [0.2, 0.25) is 0 Å². The summed E-state index contributed by atoms with van der Waals surface area (Å²) >= 11 is 0. The van der Waals surface area contributed by atoms with Crippen molar-refractivity contribution in [2.24, 2.45) is 0 Å². The second-order valence-corrected chi connectivity index (χ2v) is 8.71.